The molecule has 264 valence electrons. The summed E-state index contributed by atoms with van der Waals surface area (Å²) in [7, 11) is 0. The fourth-order valence-electron chi connectivity index (χ4n) is 10.8. The molecule has 10 rings (SSSR count). The Morgan fingerprint density at radius 2 is 1.04 bits per heavy atom. The predicted molar refractivity (Wildman–Crippen MR) is 224 cm³/mol. The van der Waals surface area contributed by atoms with Crippen molar-refractivity contribution in [3.63, 3.8) is 0 Å². The van der Waals surface area contributed by atoms with Crippen molar-refractivity contribution >= 4 is 17.1 Å². The van der Waals surface area contributed by atoms with E-state index >= 15 is 0 Å². The lowest BCUT2D eigenvalue weighted by molar-refractivity contribution is 0.420. The average Bonchev–Trinajstić information content (AvgIpc) is 3.92. The maximum atomic E-state index is 2.51. The van der Waals surface area contributed by atoms with E-state index in [1.165, 1.54) is 125 Å². The third kappa shape index (κ3) is 5.84. The van der Waals surface area contributed by atoms with E-state index in [1.54, 1.807) is 5.56 Å². The molecule has 1 nitrogen and oxygen atoms in total. The van der Waals surface area contributed by atoms with E-state index in [2.05, 4.69) is 158 Å². The van der Waals surface area contributed by atoms with E-state index in [4.69, 9.17) is 0 Å². The molecular weight excluding hydrogens is 639 g/mol. The fourth-order valence-corrected chi connectivity index (χ4v) is 10.8. The number of nitrogens with zero attached hydrogens (tertiary/aromatic N) is 1. The van der Waals surface area contributed by atoms with Crippen LogP contribution in [-0.2, 0) is 5.41 Å². The van der Waals surface area contributed by atoms with Crippen LogP contribution >= 0.6 is 0 Å². The highest BCUT2D eigenvalue weighted by Gasteiger charge is 2.40. The van der Waals surface area contributed by atoms with E-state index in [0.717, 1.165) is 17.8 Å². The van der Waals surface area contributed by atoms with Crippen molar-refractivity contribution in [2.24, 2.45) is 11.8 Å². The lowest BCUT2D eigenvalue weighted by atomic mass is 9.81. The van der Waals surface area contributed by atoms with Gasteiger partial charge < -0.3 is 4.90 Å². The lowest BCUT2D eigenvalue weighted by Crippen LogP contribution is -2.17. The number of rotatable bonds is 7. The molecule has 4 aliphatic carbocycles. The Morgan fingerprint density at radius 3 is 1.68 bits per heavy atom. The minimum Gasteiger partial charge on any atom is -0.310 e. The SMILES string of the molecule is CC1(C)c2cc(-c3ccc(-c4ccccc4)cc3)ccc2-c2ccc(N(c3ccc(C4CCCCC4)cc3)c3ccc(C4CC5CCC4C5)cc3)cc21. The van der Waals surface area contributed by atoms with E-state index in [1.807, 2.05) is 0 Å². The highest BCUT2D eigenvalue weighted by molar-refractivity contribution is 5.87. The summed E-state index contributed by atoms with van der Waals surface area (Å²) >= 11 is 0. The second-order valence-electron chi connectivity index (χ2n) is 17.2. The molecule has 0 spiro atoms. The van der Waals surface area contributed by atoms with Gasteiger partial charge in [0, 0.05) is 22.5 Å². The van der Waals surface area contributed by atoms with Crippen molar-refractivity contribution in [1.82, 2.24) is 0 Å². The van der Waals surface area contributed by atoms with Crippen LogP contribution in [0.5, 0.6) is 0 Å². The van der Waals surface area contributed by atoms with Crippen LogP contribution < -0.4 is 4.90 Å². The zero-order valence-corrected chi connectivity index (χ0v) is 31.4. The molecule has 3 atom stereocenters. The summed E-state index contributed by atoms with van der Waals surface area (Å²) in [4.78, 5) is 2.51. The molecule has 0 saturated heterocycles. The molecule has 1 heteroatoms. The lowest BCUT2D eigenvalue weighted by Gasteiger charge is -2.29. The molecule has 0 amide bonds. The smallest absolute Gasteiger partial charge is 0.0465 e. The summed E-state index contributed by atoms with van der Waals surface area (Å²) in [6, 6.07) is 53.4. The zero-order valence-electron chi connectivity index (χ0n) is 31.4. The van der Waals surface area contributed by atoms with Crippen LogP contribution in [0.15, 0.2) is 140 Å². The quantitative estimate of drug-likeness (QED) is 0.161. The van der Waals surface area contributed by atoms with Gasteiger partial charge >= 0.3 is 0 Å². The molecule has 3 fully saturated rings. The Labute approximate surface area is 316 Å². The van der Waals surface area contributed by atoms with E-state index in [-0.39, 0.29) is 5.41 Å². The summed E-state index contributed by atoms with van der Waals surface area (Å²) in [5.41, 5.74) is 17.2. The zero-order chi connectivity index (χ0) is 35.5. The van der Waals surface area contributed by atoms with Crippen LogP contribution in [0, 0.1) is 11.8 Å². The number of benzene rings is 6. The molecule has 0 heterocycles. The van der Waals surface area contributed by atoms with Crippen LogP contribution in [0.1, 0.15) is 106 Å². The third-order valence-corrected chi connectivity index (χ3v) is 13.8. The van der Waals surface area contributed by atoms with E-state index in [9.17, 15) is 0 Å². The second-order valence-corrected chi connectivity index (χ2v) is 17.2. The monoisotopic (exact) mass is 689 g/mol. The maximum absolute atomic E-state index is 2.51. The Hall–Kier alpha value is -4.88. The van der Waals surface area contributed by atoms with Crippen LogP contribution in [0.25, 0.3) is 33.4 Å². The molecular formula is C52H51N. The van der Waals surface area contributed by atoms with Gasteiger partial charge in [-0.05, 0) is 154 Å². The first kappa shape index (κ1) is 32.7. The van der Waals surface area contributed by atoms with Crippen molar-refractivity contribution < 1.29 is 0 Å². The molecule has 3 saturated carbocycles. The first-order valence-electron chi connectivity index (χ1n) is 20.4. The van der Waals surface area contributed by atoms with Crippen molar-refractivity contribution in [3.8, 4) is 33.4 Å². The van der Waals surface area contributed by atoms with Gasteiger partial charge in [-0.3, -0.25) is 0 Å². The minimum atomic E-state index is -0.122. The topological polar surface area (TPSA) is 3.24 Å². The van der Waals surface area contributed by atoms with E-state index in [0.29, 0.717) is 5.92 Å². The molecule has 0 aromatic heterocycles. The number of hydrogen-bond donors (Lipinski definition) is 0. The van der Waals surface area contributed by atoms with Gasteiger partial charge in [-0.15, -0.1) is 0 Å². The van der Waals surface area contributed by atoms with Crippen LogP contribution in [0.3, 0.4) is 0 Å². The molecule has 4 aliphatic rings. The molecule has 6 aromatic carbocycles. The van der Waals surface area contributed by atoms with Gasteiger partial charge in [-0.25, -0.2) is 0 Å². The average molecular weight is 690 g/mol. The van der Waals surface area contributed by atoms with Crippen molar-refractivity contribution in [3.05, 3.63) is 162 Å². The van der Waals surface area contributed by atoms with E-state index < -0.39 is 0 Å². The highest BCUT2D eigenvalue weighted by Crippen LogP contribution is 2.54. The van der Waals surface area contributed by atoms with Gasteiger partial charge in [0.25, 0.3) is 0 Å². The summed E-state index contributed by atoms with van der Waals surface area (Å²) in [6.07, 6.45) is 12.5. The molecule has 53 heavy (non-hydrogen) atoms. The Morgan fingerprint density at radius 1 is 0.472 bits per heavy atom. The van der Waals surface area contributed by atoms with Crippen molar-refractivity contribution in [1.29, 1.82) is 0 Å². The van der Waals surface area contributed by atoms with Gasteiger partial charge in [-0.2, -0.15) is 0 Å². The molecule has 0 radical (unpaired) electrons. The number of fused-ring (bicyclic) bond motifs is 5. The second kappa shape index (κ2) is 13.2. The van der Waals surface area contributed by atoms with Crippen LogP contribution in [-0.4, -0.2) is 0 Å². The standard InChI is InChI=1S/C52H51N/c1-52(2)50-33-42(40-17-15-38(16-18-40)36-9-5-3-6-10-36)23-29-47(50)48-30-28-46(34-51(48)52)53(44-24-19-39(20-25-44)37-11-7-4-8-12-37)45-26-21-41(22-27-45)49-32-35-13-14-43(49)31-35/h3,5-6,9-10,15-30,33-35,37,43,49H,4,7-8,11-14,31-32H2,1-2H3. The van der Waals surface area contributed by atoms with Gasteiger partial charge in [-0.1, -0.05) is 137 Å². The molecule has 0 aliphatic heterocycles. The van der Waals surface area contributed by atoms with Gasteiger partial charge in [0.1, 0.15) is 0 Å². The van der Waals surface area contributed by atoms with Crippen molar-refractivity contribution in [2.45, 2.75) is 88.9 Å². The Bertz CT molecular complexity index is 2240. The Kier molecular flexibility index (Phi) is 8.16. The maximum Gasteiger partial charge on any atom is 0.0465 e. The van der Waals surface area contributed by atoms with Gasteiger partial charge in [0.15, 0.2) is 0 Å². The molecule has 3 unspecified atom stereocenters. The van der Waals surface area contributed by atoms with Gasteiger partial charge in [0.05, 0.1) is 0 Å². The normalized spacial score (nSPS) is 21.4. The molecule has 0 N–H and O–H groups in total. The van der Waals surface area contributed by atoms with Gasteiger partial charge in [0.2, 0.25) is 0 Å². The minimum absolute atomic E-state index is 0.122. The number of hydrogen-bond acceptors (Lipinski definition) is 1. The van der Waals surface area contributed by atoms with Crippen LogP contribution in [0.2, 0.25) is 0 Å². The summed E-state index contributed by atoms with van der Waals surface area (Å²) in [6.45, 7) is 4.83. The summed E-state index contributed by atoms with van der Waals surface area (Å²) < 4.78 is 0. The third-order valence-electron chi connectivity index (χ3n) is 13.8. The molecule has 6 aromatic rings. The first-order chi connectivity index (χ1) is 26.0. The summed E-state index contributed by atoms with van der Waals surface area (Å²) in [5, 5.41) is 0. The highest BCUT2D eigenvalue weighted by atomic mass is 15.1. The summed E-state index contributed by atoms with van der Waals surface area (Å²) in [5.74, 6) is 3.30. The predicted octanol–water partition coefficient (Wildman–Crippen LogP) is 14.7. The number of anilines is 3. The van der Waals surface area contributed by atoms with Crippen LogP contribution in [0.4, 0.5) is 17.1 Å². The fraction of sp³-hybridized carbons (Fsp3) is 0.308. The first-order valence-corrected chi connectivity index (χ1v) is 20.4. The largest absolute Gasteiger partial charge is 0.310 e. The Balaban J connectivity index is 0.993. The van der Waals surface area contributed by atoms with Crippen molar-refractivity contribution in [2.75, 3.05) is 4.90 Å². The molecule has 2 bridgehead atoms.